The van der Waals surface area contributed by atoms with E-state index in [2.05, 4.69) is 25.9 Å². The first-order valence-corrected chi connectivity index (χ1v) is 10.8. The van der Waals surface area contributed by atoms with E-state index in [9.17, 15) is 9.59 Å². The second-order valence-electron chi connectivity index (χ2n) is 7.84. The van der Waals surface area contributed by atoms with Crippen LogP contribution in [0.2, 0.25) is 0 Å². The molecule has 2 aromatic heterocycles. The van der Waals surface area contributed by atoms with Crippen molar-refractivity contribution >= 4 is 28.9 Å². The molecular weight excluding hydrogens is 410 g/mol. The van der Waals surface area contributed by atoms with Crippen molar-refractivity contribution in [1.29, 1.82) is 0 Å². The van der Waals surface area contributed by atoms with Crippen molar-refractivity contribution in [2.75, 3.05) is 19.4 Å². The Hall–Kier alpha value is -3.62. The number of amides is 2. The summed E-state index contributed by atoms with van der Waals surface area (Å²) in [6.45, 7) is 0. The number of pyridine rings is 1. The van der Waals surface area contributed by atoms with Crippen molar-refractivity contribution in [1.82, 2.24) is 20.6 Å². The van der Waals surface area contributed by atoms with Gasteiger partial charge in [0.15, 0.2) is 5.58 Å². The smallest absolute Gasteiger partial charge is 0.296 e. The first kappa shape index (κ1) is 21.6. The summed E-state index contributed by atoms with van der Waals surface area (Å²) in [5.41, 5.74) is 1.45. The first-order chi connectivity index (χ1) is 15.6. The molecule has 1 aliphatic rings. The molecule has 168 valence electrons. The summed E-state index contributed by atoms with van der Waals surface area (Å²) in [5.74, 6) is 0.907. The summed E-state index contributed by atoms with van der Waals surface area (Å²) in [7, 11) is 3.19. The standard InChI is InChI=1S/C23H27N5O4/c1-24-21(29)18-12-16(10-11-26-18)31-15-8-9-17-19(13-15)32-23(27-17)28-20(22(30)25-2)14-6-4-3-5-7-14/h8-14,20H,3-7H2,1-2H3,(H,24,29)(H,25,30)(H,27,28)/t20-/m1/s1. The van der Waals surface area contributed by atoms with Gasteiger partial charge in [-0.15, -0.1) is 0 Å². The Morgan fingerprint density at radius 1 is 1.06 bits per heavy atom. The van der Waals surface area contributed by atoms with Crippen molar-refractivity contribution < 1.29 is 18.7 Å². The highest BCUT2D eigenvalue weighted by Crippen LogP contribution is 2.31. The van der Waals surface area contributed by atoms with Crippen LogP contribution >= 0.6 is 0 Å². The van der Waals surface area contributed by atoms with Crippen molar-refractivity contribution in [3.8, 4) is 11.5 Å². The quantitative estimate of drug-likeness (QED) is 0.518. The Labute approximate surface area is 185 Å². The van der Waals surface area contributed by atoms with Crippen molar-refractivity contribution in [2.45, 2.75) is 38.1 Å². The molecule has 3 N–H and O–H groups in total. The maximum Gasteiger partial charge on any atom is 0.296 e. The van der Waals surface area contributed by atoms with Crippen LogP contribution in [-0.2, 0) is 4.79 Å². The van der Waals surface area contributed by atoms with Crippen LogP contribution in [0.15, 0.2) is 40.9 Å². The van der Waals surface area contributed by atoms with E-state index in [0.717, 1.165) is 25.7 Å². The fourth-order valence-corrected chi connectivity index (χ4v) is 4.05. The summed E-state index contributed by atoms with van der Waals surface area (Å²) < 4.78 is 11.8. The maximum atomic E-state index is 12.5. The Kier molecular flexibility index (Phi) is 6.53. The maximum absolute atomic E-state index is 12.5. The topological polar surface area (TPSA) is 118 Å². The van der Waals surface area contributed by atoms with Crippen molar-refractivity contribution in [3.63, 3.8) is 0 Å². The minimum atomic E-state index is -0.385. The van der Waals surface area contributed by atoms with Gasteiger partial charge < -0.3 is 25.1 Å². The van der Waals surface area contributed by atoms with Gasteiger partial charge in [0, 0.05) is 32.4 Å². The number of carbonyl (C=O) groups is 2. The predicted octanol–water partition coefficient (Wildman–Crippen LogP) is 3.48. The number of hydrogen-bond acceptors (Lipinski definition) is 7. The summed E-state index contributed by atoms with van der Waals surface area (Å²) in [4.78, 5) is 32.8. The van der Waals surface area contributed by atoms with E-state index in [0.29, 0.717) is 28.6 Å². The number of ether oxygens (including phenoxy) is 1. The fourth-order valence-electron chi connectivity index (χ4n) is 4.05. The molecule has 9 nitrogen and oxygen atoms in total. The highest BCUT2D eigenvalue weighted by molar-refractivity contribution is 5.92. The Balaban J connectivity index is 1.52. The molecule has 1 aromatic carbocycles. The van der Waals surface area contributed by atoms with Crippen LogP contribution in [0.5, 0.6) is 11.5 Å². The highest BCUT2D eigenvalue weighted by Gasteiger charge is 2.30. The van der Waals surface area contributed by atoms with Crippen LogP contribution in [0, 0.1) is 5.92 Å². The number of rotatable bonds is 7. The highest BCUT2D eigenvalue weighted by atomic mass is 16.5. The van der Waals surface area contributed by atoms with Gasteiger partial charge in [-0.3, -0.25) is 14.6 Å². The number of oxazole rings is 1. The van der Waals surface area contributed by atoms with Gasteiger partial charge in [-0.25, -0.2) is 0 Å². The number of nitrogens with one attached hydrogen (secondary N) is 3. The van der Waals surface area contributed by atoms with Gasteiger partial charge in [-0.1, -0.05) is 19.3 Å². The molecule has 32 heavy (non-hydrogen) atoms. The van der Waals surface area contributed by atoms with E-state index in [1.54, 1.807) is 44.4 Å². The van der Waals surface area contributed by atoms with E-state index in [-0.39, 0.29) is 29.5 Å². The lowest BCUT2D eigenvalue weighted by Crippen LogP contribution is -2.44. The average Bonchev–Trinajstić information content (AvgIpc) is 3.24. The number of anilines is 1. The molecular formula is C23H27N5O4. The van der Waals surface area contributed by atoms with Crippen LogP contribution in [-0.4, -0.2) is 41.9 Å². The minimum absolute atomic E-state index is 0.0622. The van der Waals surface area contributed by atoms with Crippen LogP contribution in [0.25, 0.3) is 11.1 Å². The summed E-state index contributed by atoms with van der Waals surface area (Å²) >= 11 is 0. The number of hydrogen-bond donors (Lipinski definition) is 3. The third-order valence-electron chi connectivity index (χ3n) is 5.72. The molecule has 1 aliphatic carbocycles. The number of likely N-dealkylation sites (N-methyl/N-ethyl adjacent to an activating group) is 1. The zero-order chi connectivity index (χ0) is 22.5. The molecule has 0 bridgehead atoms. The van der Waals surface area contributed by atoms with E-state index in [1.807, 2.05) is 0 Å². The van der Waals surface area contributed by atoms with E-state index in [4.69, 9.17) is 9.15 Å². The zero-order valence-electron chi connectivity index (χ0n) is 18.2. The van der Waals surface area contributed by atoms with Crippen LogP contribution < -0.4 is 20.7 Å². The van der Waals surface area contributed by atoms with Gasteiger partial charge in [0.2, 0.25) is 5.91 Å². The summed E-state index contributed by atoms with van der Waals surface area (Å²) in [6.07, 6.45) is 7.00. The molecule has 0 spiro atoms. The first-order valence-electron chi connectivity index (χ1n) is 10.8. The normalized spacial score (nSPS) is 15.2. The average molecular weight is 438 g/mol. The van der Waals surface area contributed by atoms with Crippen molar-refractivity contribution in [2.24, 2.45) is 5.92 Å². The Morgan fingerprint density at radius 2 is 1.84 bits per heavy atom. The number of nitrogens with zero attached hydrogens (tertiary/aromatic N) is 2. The van der Waals surface area contributed by atoms with Gasteiger partial charge in [0.05, 0.1) is 0 Å². The lowest BCUT2D eigenvalue weighted by Gasteiger charge is -2.29. The molecule has 0 saturated heterocycles. The molecule has 1 fully saturated rings. The number of carbonyl (C=O) groups excluding carboxylic acids is 2. The summed E-state index contributed by atoms with van der Waals surface area (Å²) in [6, 6.07) is 8.44. The lowest BCUT2D eigenvalue weighted by molar-refractivity contribution is -0.122. The molecule has 2 heterocycles. The molecule has 2 amide bonds. The largest absolute Gasteiger partial charge is 0.457 e. The number of benzene rings is 1. The molecule has 0 radical (unpaired) electrons. The van der Waals surface area contributed by atoms with Crippen molar-refractivity contribution in [3.05, 3.63) is 42.2 Å². The molecule has 9 heteroatoms. The third-order valence-corrected chi connectivity index (χ3v) is 5.72. The fraction of sp³-hybridized carbons (Fsp3) is 0.391. The van der Waals surface area contributed by atoms with Crippen LogP contribution in [0.3, 0.4) is 0 Å². The SMILES string of the molecule is CNC(=O)c1cc(Oc2ccc3nc(N[C@@H](C(=O)NC)C4CCCCC4)oc3c2)ccn1. The zero-order valence-corrected chi connectivity index (χ0v) is 18.2. The number of fused-ring (bicyclic) bond motifs is 1. The monoisotopic (exact) mass is 437 g/mol. The lowest BCUT2D eigenvalue weighted by atomic mass is 9.83. The second-order valence-corrected chi connectivity index (χ2v) is 7.84. The van der Waals surface area contributed by atoms with E-state index < -0.39 is 0 Å². The number of aromatic nitrogens is 2. The minimum Gasteiger partial charge on any atom is -0.457 e. The molecule has 3 aromatic rings. The molecule has 1 atom stereocenters. The molecule has 0 unspecified atom stereocenters. The Bertz CT molecular complexity index is 1110. The van der Waals surface area contributed by atoms with E-state index >= 15 is 0 Å². The molecule has 1 saturated carbocycles. The molecule has 4 rings (SSSR count). The van der Waals surface area contributed by atoms with Crippen LogP contribution in [0.4, 0.5) is 6.01 Å². The third kappa shape index (κ3) is 4.82. The van der Waals surface area contributed by atoms with Gasteiger partial charge in [-0.2, -0.15) is 4.98 Å². The second kappa shape index (κ2) is 9.67. The van der Waals surface area contributed by atoms with Gasteiger partial charge in [0.1, 0.15) is 28.8 Å². The van der Waals surface area contributed by atoms with Gasteiger partial charge >= 0.3 is 0 Å². The predicted molar refractivity (Wildman–Crippen MR) is 120 cm³/mol. The van der Waals surface area contributed by atoms with E-state index in [1.165, 1.54) is 12.6 Å². The van der Waals surface area contributed by atoms with Gasteiger partial charge in [-0.05, 0) is 37.0 Å². The molecule has 0 aliphatic heterocycles. The van der Waals surface area contributed by atoms with Gasteiger partial charge in [0.25, 0.3) is 11.9 Å². The van der Waals surface area contributed by atoms with Crippen LogP contribution in [0.1, 0.15) is 42.6 Å². The Morgan fingerprint density at radius 3 is 2.59 bits per heavy atom. The summed E-state index contributed by atoms with van der Waals surface area (Å²) in [5, 5.41) is 8.48.